The largest absolute Gasteiger partial charge is 0.508 e. The van der Waals surface area contributed by atoms with Crippen molar-refractivity contribution in [3.63, 3.8) is 0 Å². The van der Waals surface area contributed by atoms with Crippen molar-refractivity contribution in [2.75, 3.05) is 0 Å². The first-order valence-electron chi connectivity index (χ1n) is 7.80. The number of carbonyl (C=O) groups excluding carboxylic acids is 1. The van der Waals surface area contributed by atoms with Gasteiger partial charge < -0.3 is 14.9 Å². The second-order valence-electron chi connectivity index (χ2n) is 5.39. The maximum absolute atomic E-state index is 12.0. The summed E-state index contributed by atoms with van der Waals surface area (Å²) < 4.78 is 5.73. The summed E-state index contributed by atoms with van der Waals surface area (Å²) in [5, 5.41) is 22.9. The highest BCUT2D eigenvalue weighted by Gasteiger charge is 2.11. The second kappa shape index (κ2) is 7.85. The van der Waals surface area contributed by atoms with E-state index in [-0.39, 0.29) is 17.1 Å². The summed E-state index contributed by atoms with van der Waals surface area (Å²) in [5.41, 5.74) is 2.96. The lowest BCUT2D eigenvalue weighted by Crippen LogP contribution is -2.17. The standard InChI is InChI=1S/C20H16N2O4/c23-15-9-10-19(24)18(12-15)20(25)22-21-13-14-5-4-8-17(11-14)26-16-6-2-1-3-7-16/h1-13,23-24H,(H,22,25)/b21-13+. The van der Waals surface area contributed by atoms with E-state index in [0.29, 0.717) is 11.5 Å². The number of benzene rings is 3. The summed E-state index contributed by atoms with van der Waals surface area (Å²) in [4.78, 5) is 12.0. The molecule has 0 radical (unpaired) electrons. The minimum atomic E-state index is -0.633. The molecule has 0 atom stereocenters. The number of nitrogens with one attached hydrogen (secondary N) is 1. The van der Waals surface area contributed by atoms with Crippen LogP contribution in [0.1, 0.15) is 15.9 Å². The number of phenolic OH excluding ortho intramolecular Hbond substituents is 2. The number of rotatable bonds is 5. The lowest BCUT2D eigenvalue weighted by Gasteiger charge is -2.06. The van der Waals surface area contributed by atoms with E-state index in [2.05, 4.69) is 10.5 Å². The van der Waals surface area contributed by atoms with Crippen molar-refractivity contribution in [3.05, 3.63) is 83.9 Å². The zero-order valence-corrected chi connectivity index (χ0v) is 13.7. The van der Waals surface area contributed by atoms with Crippen molar-refractivity contribution < 1.29 is 19.7 Å². The van der Waals surface area contributed by atoms with Crippen LogP contribution < -0.4 is 10.2 Å². The van der Waals surface area contributed by atoms with Gasteiger partial charge in [-0.05, 0) is 48.0 Å². The molecule has 3 aromatic carbocycles. The number of aromatic hydroxyl groups is 2. The molecule has 0 heterocycles. The third-order valence-electron chi connectivity index (χ3n) is 3.44. The molecule has 26 heavy (non-hydrogen) atoms. The lowest BCUT2D eigenvalue weighted by atomic mass is 10.2. The van der Waals surface area contributed by atoms with Crippen LogP contribution in [0.15, 0.2) is 77.9 Å². The average molecular weight is 348 g/mol. The van der Waals surface area contributed by atoms with Crippen LogP contribution in [0, 0.1) is 0 Å². The van der Waals surface area contributed by atoms with Gasteiger partial charge in [0.25, 0.3) is 5.91 Å². The van der Waals surface area contributed by atoms with Crippen molar-refractivity contribution in [1.29, 1.82) is 0 Å². The van der Waals surface area contributed by atoms with Crippen LogP contribution >= 0.6 is 0 Å². The lowest BCUT2D eigenvalue weighted by molar-refractivity contribution is 0.0952. The maximum atomic E-state index is 12.0. The predicted molar refractivity (Wildman–Crippen MR) is 97.8 cm³/mol. The number of nitrogens with zero attached hydrogens (tertiary/aromatic N) is 1. The van der Waals surface area contributed by atoms with Gasteiger partial charge >= 0.3 is 0 Å². The first-order valence-corrected chi connectivity index (χ1v) is 7.80. The van der Waals surface area contributed by atoms with Crippen LogP contribution in [-0.2, 0) is 0 Å². The number of hydrogen-bond donors (Lipinski definition) is 3. The number of ether oxygens (including phenoxy) is 1. The summed E-state index contributed by atoms with van der Waals surface area (Å²) in [6, 6.07) is 20.2. The molecule has 0 aliphatic rings. The Hall–Kier alpha value is -3.80. The molecule has 0 aliphatic carbocycles. The van der Waals surface area contributed by atoms with Gasteiger partial charge in [-0.15, -0.1) is 0 Å². The Morgan fingerprint density at radius 1 is 0.923 bits per heavy atom. The number of hydrazone groups is 1. The Labute approximate surface area is 150 Å². The Morgan fingerprint density at radius 3 is 2.50 bits per heavy atom. The van der Waals surface area contributed by atoms with Crippen LogP contribution in [0.5, 0.6) is 23.0 Å². The highest BCUT2D eigenvalue weighted by atomic mass is 16.5. The van der Waals surface area contributed by atoms with E-state index in [1.807, 2.05) is 42.5 Å². The molecule has 0 fully saturated rings. The summed E-state index contributed by atoms with van der Waals surface area (Å²) in [6.07, 6.45) is 1.45. The van der Waals surface area contributed by atoms with Gasteiger partial charge in [0.15, 0.2) is 0 Å². The SMILES string of the molecule is O=C(N/N=C/c1cccc(Oc2ccccc2)c1)c1cc(O)ccc1O. The number of amides is 1. The van der Waals surface area contributed by atoms with Crippen molar-refractivity contribution in [2.45, 2.75) is 0 Å². The van der Waals surface area contributed by atoms with Crippen LogP contribution in [0.25, 0.3) is 0 Å². The molecule has 0 aromatic heterocycles. The fourth-order valence-corrected chi connectivity index (χ4v) is 2.21. The third kappa shape index (κ3) is 4.39. The van der Waals surface area contributed by atoms with E-state index in [9.17, 15) is 15.0 Å². The predicted octanol–water partition coefficient (Wildman–Crippen LogP) is 3.65. The molecule has 0 unspecified atom stereocenters. The van der Waals surface area contributed by atoms with Gasteiger partial charge in [-0.2, -0.15) is 5.10 Å². The van der Waals surface area contributed by atoms with Gasteiger partial charge in [0.1, 0.15) is 23.0 Å². The highest BCUT2D eigenvalue weighted by Crippen LogP contribution is 2.22. The fourth-order valence-electron chi connectivity index (χ4n) is 2.21. The minimum absolute atomic E-state index is 0.0664. The normalized spacial score (nSPS) is 10.6. The summed E-state index contributed by atoms with van der Waals surface area (Å²) >= 11 is 0. The van der Waals surface area contributed by atoms with Crippen LogP contribution in [0.3, 0.4) is 0 Å². The van der Waals surface area contributed by atoms with Gasteiger partial charge in [0.2, 0.25) is 0 Å². The molecule has 130 valence electrons. The van der Waals surface area contributed by atoms with E-state index >= 15 is 0 Å². The number of phenols is 2. The summed E-state index contributed by atoms with van der Waals surface area (Å²) in [7, 11) is 0. The molecule has 3 N–H and O–H groups in total. The van der Waals surface area contributed by atoms with E-state index in [4.69, 9.17) is 4.74 Å². The molecule has 3 aromatic rings. The van der Waals surface area contributed by atoms with Crippen LogP contribution in [0.2, 0.25) is 0 Å². The molecule has 0 saturated carbocycles. The Morgan fingerprint density at radius 2 is 1.69 bits per heavy atom. The van der Waals surface area contributed by atoms with Crippen LogP contribution in [-0.4, -0.2) is 22.3 Å². The Kier molecular flexibility index (Phi) is 5.14. The zero-order valence-electron chi connectivity index (χ0n) is 13.7. The summed E-state index contributed by atoms with van der Waals surface area (Å²) in [5.74, 6) is 0.356. The number of para-hydroxylation sites is 1. The van der Waals surface area contributed by atoms with Crippen LogP contribution in [0.4, 0.5) is 0 Å². The molecule has 6 nitrogen and oxygen atoms in total. The highest BCUT2D eigenvalue weighted by molar-refractivity contribution is 5.97. The fraction of sp³-hybridized carbons (Fsp3) is 0. The molecule has 0 aliphatic heterocycles. The molecular formula is C20H16N2O4. The Balaban J connectivity index is 1.66. The first-order chi connectivity index (χ1) is 12.6. The average Bonchev–Trinajstić information content (AvgIpc) is 2.65. The van der Waals surface area contributed by atoms with E-state index in [0.717, 1.165) is 11.6 Å². The van der Waals surface area contributed by atoms with Gasteiger partial charge in [-0.1, -0.05) is 30.3 Å². The van der Waals surface area contributed by atoms with Crippen molar-refractivity contribution >= 4 is 12.1 Å². The van der Waals surface area contributed by atoms with Gasteiger partial charge in [-0.25, -0.2) is 5.43 Å². The molecular weight excluding hydrogens is 332 g/mol. The van der Waals surface area contributed by atoms with Gasteiger partial charge in [0, 0.05) is 0 Å². The third-order valence-corrected chi connectivity index (χ3v) is 3.44. The van der Waals surface area contributed by atoms with Gasteiger partial charge in [-0.3, -0.25) is 4.79 Å². The smallest absolute Gasteiger partial charge is 0.275 e. The molecule has 1 amide bonds. The number of carbonyl (C=O) groups is 1. The molecule has 6 heteroatoms. The van der Waals surface area contributed by atoms with Gasteiger partial charge in [0.05, 0.1) is 11.8 Å². The second-order valence-corrected chi connectivity index (χ2v) is 5.39. The minimum Gasteiger partial charge on any atom is -0.508 e. The van der Waals surface area contributed by atoms with Crippen molar-refractivity contribution in [2.24, 2.45) is 5.10 Å². The summed E-state index contributed by atoms with van der Waals surface area (Å²) in [6.45, 7) is 0. The van der Waals surface area contributed by atoms with Crippen molar-refractivity contribution in [3.8, 4) is 23.0 Å². The zero-order chi connectivity index (χ0) is 18.4. The van der Waals surface area contributed by atoms with E-state index in [1.165, 1.54) is 18.3 Å². The molecule has 3 rings (SSSR count). The first kappa shape index (κ1) is 17.0. The molecule has 0 spiro atoms. The maximum Gasteiger partial charge on any atom is 0.275 e. The quantitative estimate of drug-likeness (QED) is 0.373. The molecule has 0 saturated heterocycles. The van der Waals surface area contributed by atoms with E-state index in [1.54, 1.807) is 12.1 Å². The monoisotopic (exact) mass is 348 g/mol. The van der Waals surface area contributed by atoms with Crippen molar-refractivity contribution in [1.82, 2.24) is 5.43 Å². The van der Waals surface area contributed by atoms with E-state index < -0.39 is 5.91 Å². The Bertz CT molecular complexity index is 940. The number of hydrogen-bond acceptors (Lipinski definition) is 5. The topological polar surface area (TPSA) is 91.2 Å². The molecule has 0 bridgehead atoms.